The van der Waals surface area contributed by atoms with Gasteiger partial charge >= 0.3 is 0 Å². The Labute approximate surface area is 97.5 Å². The highest BCUT2D eigenvalue weighted by molar-refractivity contribution is 7.08. The normalized spacial score (nSPS) is 10.1. The van der Waals surface area contributed by atoms with Crippen LogP contribution in [0.2, 0.25) is 0 Å². The van der Waals surface area contributed by atoms with Gasteiger partial charge in [-0.2, -0.15) is 0 Å². The zero-order valence-electron chi connectivity index (χ0n) is 9.02. The van der Waals surface area contributed by atoms with Crippen LogP contribution < -0.4 is 5.32 Å². The summed E-state index contributed by atoms with van der Waals surface area (Å²) in [5.74, 6) is -0.151. The van der Waals surface area contributed by atoms with Gasteiger partial charge in [0.25, 0.3) is 5.91 Å². The van der Waals surface area contributed by atoms with E-state index < -0.39 is 0 Å². The van der Waals surface area contributed by atoms with E-state index >= 15 is 0 Å². The first-order valence-electron chi connectivity index (χ1n) is 4.84. The molecule has 0 saturated heterocycles. The molecule has 2 rings (SSSR count). The Bertz CT molecular complexity index is 521. The molecule has 1 amide bonds. The lowest BCUT2D eigenvalue weighted by Crippen LogP contribution is -2.12. The number of aryl methyl sites for hydroxylation is 2. The molecular weight excluding hydrogens is 222 g/mol. The maximum atomic E-state index is 11.9. The summed E-state index contributed by atoms with van der Waals surface area (Å²) in [5.41, 5.74) is 2.52. The molecule has 0 aliphatic carbocycles. The minimum absolute atomic E-state index is 0.151. The molecule has 4 nitrogen and oxygen atoms in total. The van der Waals surface area contributed by atoms with Gasteiger partial charge in [0, 0.05) is 5.69 Å². The molecule has 0 spiro atoms. The molecule has 1 N–H and O–H groups in total. The van der Waals surface area contributed by atoms with Crippen LogP contribution in [0, 0.1) is 13.8 Å². The second kappa shape index (κ2) is 4.40. The molecule has 1 heterocycles. The maximum absolute atomic E-state index is 11.9. The summed E-state index contributed by atoms with van der Waals surface area (Å²) in [6, 6.07) is 7.65. The van der Waals surface area contributed by atoms with Crippen molar-refractivity contribution in [2.75, 3.05) is 5.32 Å². The molecule has 0 aliphatic heterocycles. The molecule has 0 atom stereocenters. The summed E-state index contributed by atoms with van der Waals surface area (Å²) in [6.07, 6.45) is 0. The fraction of sp³-hybridized carbons (Fsp3) is 0.182. The second-order valence-corrected chi connectivity index (χ2v) is 4.21. The molecule has 1 aromatic heterocycles. The maximum Gasteiger partial charge on any atom is 0.269 e. The summed E-state index contributed by atoms with van der Waals surface area (Å²) < 4.78 is 3.74. The van der Waals surface area contributed by atoms with E-state index in [0.717, 1.165) is 22.8 Å². The molecular formula is C11H11N3OS. The first kappa shape index (κ1) is 10.8. The lowest BCUT2D eigenvalue weighted by molar-refractivity contribution is 0.102. The number of carbonyl (C=O) groups excluding carboxylic acids is 1. The number of carbonyl (C=O) groups is 1. The number of aromatic nitrogens is 2. The van der Waals surface area contributed by atoms with Gasteiger partial charge in [0.15, 0.2) is 0 Å². The van der Waals surface area contributed by atoms with Crippen molar-refractivity contribution < 1.29 is 4.79 Å². The third-order valence-corrected chi connectivity index (χ3v) is 3.08. The minimum Gasteiger partial charge on any atom is -0.321 e. The monoisotopic (exact) mass is 233 g/mol. The van der Waals surface area contributed by atoms with Crippen molar-refractivity contribution in [1.82, 2.24) is 9.59 Å². The second-order valence-electron chi connectivity index (χ2n) is 3.46. The number of rotatable bonds is 2. The van der Waals surface area contributed by atoms with Crippen molar-refractivity contribution in [3.63, 3.8) is 0 Å². The molecule has 0 fully saturated rings. The number of nitrogens with zero attached hydrogens (tertiary/aromatic N) is 2. The van der Waals surface area contributed by atoms with Gasteiger partial charge in [-0.05, 0) is 37.0 Å². The summed E-state index contributed by atoms with van der Waals surface area (Å²) in [6.45, 7) is 3.73. The summed E-state index contributed by atoms with van der Waals surface area (Å²) >= 11 is 1.11. The molecule has 0 radical (unpaired) electrons. The lowest BCUT2D eigenvalue weighted by Gasteiger charge is -2.06. The highest BCUT2D eigenvalue weighted by Crippen LogP contribution is 2.16. The number of nitrogens with one attached hydrogen (secondary N) is 1. The largest absolute Gasteiger partial charge is 0.321 e. The van der Waals surface area contributed by atoms with Gasteiger partial charge < -0.3 is 5.32 Å². The zero-order valence-corrected chi connectivity index (χ0v) is 9.84. The number of hydrogen-bond acceptors (Lipinski definition) is 4. The van der Waals surface area contributed by atoms with E-state index in [0.29, 0.717) is 10.6 Å². The van der Waals surface area contributed by atoms with Gasteiger partial charge in [-0.1, -0.05) is 22.7 Å². The molecule has 0 bridgehead atoms. The highest BCUT2D eigenvalue weighted by Gasteiger charge is 2.13. The average molecular weight is 233 g/mol. The lowest BCUT2D eigenvalue weighted by atomic mass is 10.2. The quantitative estimate of drug-likeness (QED) is 0.866. The SMILES string of the molecule is Cc1ccccc1NC(=O)c1snnc1C. The number of hydrogen-bond donors (Lipinski definition) is 1. The molecule has 5 heteroatoms. The summed E-state index contributed by atoms with van der Waals surface area (Å²) in [5, 5.41) is 6.65. The Hall–Kier alpha value is -1.75. The van der Waals surface area contributed by atoms with Crippen LogP contribution in [0.25, 0.3) is 0 Å². The van der Waals surface area contributed by atoms with Crippen molar-refractivity contribution in [2.45, 2.75) is 13.8 Å². The van der Waals surface area contributed by atoms with Crippen LogP contribution in [-0.2, 0) is 0 Å². The van der Waals surface area contributed by atoms with E-state index in [1.54, 1.807) is 6.92 Å². The van der Waals surface area contributed by atoms with Crippen molar-refractivity contribution >= 4 is 23.1 Å². The van der Waals surface area contributed by atoms with Gasteiger partial charge in [-0.3, -0.25) is 4.79 Å². The van der Waals surface area contributed by atoms with Gasteiger partial charge in [0.1, 0.15) is 4.88 Å². The van der Waals surface area contributed by atoms with Crippen LogP contribution in [0.5, 0.6) is 0 Å². The van der Waals surface area contributed by atoms with Crippen LogP contribution in [0.15, 0.2) is 24.3 Å². The first-order valence-corrected chi connectivity index (χ1v) is 5.62. The molecule has 82 valence electrons. The molecule has 0 saturated carbocycles. The molecule has 0 unspecified atom stereocenters. The van der Waals surface area contributed by atoms with Crippen molar-refractivity contribution in [2.24, 2.45) is 0 Å². The molecule has 2 aromatic rings. The van der Waals surface area contributed by atoms with Crippen LogP contribution in [0.1, 0.15) is 20.9 Å². The summed E-state index contributed by atoms with van der Waals surface area (Å²) in [4.78, 5) is 12.4. The number of para-hydroxylation sites is 1. The Kier molecular flexibility index (Phi) is 2.96. The van der Waals surface area contributed by atoms with Crippen molar-refractivity contribution in [3.8, 4) is 0 Å². The molecule has 1 aromatic carbocycles. The first-order chi connectivity index (χ1) is 7.68. The number of amides is 1. The third-order valence-electron chi connectivity index (χ3n) is 2.25. The van der Waals surface area contributed by atoms with E-state index in [9.17, 15) is 4.79 Å². The Balaban J connectivity index is 2.21. The topological polar surface area (TPSA) is 54.9 Å². The smallest absolute Gasteiger partial charge is 0.269 e. The predicted molar refractivity (Wildman–Crippen MR) is 63.8 cm³/mol. The van der Waals surface area contributed by atoms with E-state index in [-0.39, 0.29) is 5.91 Å². The zero-order chi connectivity index (χ0) is 11.5. The fourth-order valence-corrected chi connectivity index (χ4v) is 1.88. The number of benzene rings is 1. The van der Waals surface area contributed by atoms with Crippen LogP contribution in [-0.4, -0.2) is 15.5 Å². The molecule has 16 heavy (non-hydrogen) atoms. The predicted octanol–water partition coefficient (Wildman–Crippen LogP) is 2.41. The average Bonchev–Trinajstić information content (AvgIpc) is 2.68. The Morgan fingerprint density at radius 2 is 2.06 bits per heavy atom. The van der Waals surface area contributed by atoms with Gasteiger partial charge in [0.2, 0.25) is 0 Å². The number of anilines is 1. The van der Waals surface area contributed by atoms with E-state index in [4.69, 9.17) is 0 Å². The minimum atomic E-state index is -0.151. The van der Waals surface area contributed by atoms with Crippen LogP contribution in [0.3, 0.4) is 0 Å². The Morgan fingerprint density at radius 1 is 1.31 bits per heavy atom. The van der Waals surface area contributed by atoms with Gasteiger partial charge in [-0.25, -0.2) is 0 Å². The van der Waals surface area contributed by atoms with E-state index in [1.807, 2.05) is 31.2 Å². The third kappa shape index (κ3) is 2.09. The van der Waals surface area contributed by atoms with E-state index in [2.05, 4.69) is 14.9 Å². The van der Waals surface area contributed by atoms with Crippen molar-refractivity contribution in [1.29, 1.82) is 0 Å². The van der Waals surface area contributed by atoms with E-state index in [1.165, 1.54) is 0 Å². The van der Waals surface area contributed by atoms with Crippen LogP contribution in [0.4, 0.5) is 5.69 Å². The van der Waals surface area contributed by atoms with Crippen LogP contribution >= 0.6 is 11.5 Å². The molecule has 0 aliphatic rings. The standard InChI is InChI=1S/C11H11N3OS/c1-7-5-3-4-6-9(7)12-11(15)10-8(2)13-14-16-10/h3-6H,1-2H3,(H,12,15). The van der Waals surface area contributed by atoms with Gasteiger partial charge in [0.05, 0.1) is 5.69 Å². The Morgan fingerprint density at radius 3 is 2.69 bits per heavy atom. The van der Waals surface area contributed by atoms with Gasteiger partial charge in [-0.15, -0.1) is 5.10 Å². The summed E-state index contributed by atoms with van der Waals surface area (Å²) in [7, 11) is 0. The highest BCUT2D eigenvalue weighted by atomic mass is 32.1. The fourth-order valence-electron chi connectivity index (χ4n) is 1.33. The van der Waals surface area contributed by atoms with Crippen molar-refractivity contribution in [3.05, 3.63) is 40.4 Å².